The Morgan fingerprint density at radius 2 is 1.96 bits per heavy atom. The van der Waals surface area contributed by atoms with E-state index in [1.54, 1.807) is 20.1 Å². The minimum atomic E-state index is -3.95. The standard InChI is InChI=1S/C36H47ClN2O6S/c1-24-7-5-16-36(44-4,17-18-40)31-12-9-28(31)21-39-22-35(15-6-8-26-19-29(37)11-13-30(26)35)23-45-33-14-10-27(20-32(33)39)34(41)38(3)46(42,43)25(24)2/h5,10-11,13-14,16,19-20,24-25,28,31,40H,6-9,12,15,17-18,21-23H2,1-4H3/b16-5+/t24-,25+,28-,31+,35-,36+/m0/s1. The van der Waals surface area contributed by atoms with Crippen molar-refractivity contribution >= 4 is 33.2 Å². The molecule has 2 heterocycles. The number of benzene rings is 2. The molecule has 2 bridgehead atoms. The first-order chi connectivity index (χ1) is 21.9. The molecule has 2 aliphatic carbocycles. The van der Waals surface area contributed by atoms with Crippen molar-refractivity contribution in [2.75, 3.05) is 45.4 Å². The van der Waals surface area contributed by atoms with Crippen molar-refractivity contribution < 1.29 is 27.8 Å². The highest BCUT2D eigenvalue weighted by atomic mass is 35.5. The van der Waals surface area contributed by atoms with Crippen molar-refractivity contribution in [3.05, 3.63) is 70.3 Å². The van der Waals surface area contributed by atoms with Gasteiger partial charge in [0.15, 0.2) is 0 Å². The fraction of sp³-hybridized carbons (Fsp3) is 0.583. The lowest BCUT2D eigenvalue weighted by Gasteiger charge is -2.50. The van der Waals surface area contributed by atoms with Crippen LogP contribution < -0.4 is 9.64 Å². The van der Waals surface area contributed by atoms with Gasteiger partial charge in [0.1, 0.15) is 5.75 Å². The molecule has 6 rings (SSSR count). The molecular formula is C36H47ClN2O6S. The summed E-state index contributed by atoms with van der Waals surface area (Å²) in [5.74, 6) is 0.336. The predicted molar refractivity (Wildman–Crippen MR) is 181 cm³/mol. The summed E-state index contributed by atoms with van der Waals surface area (Å²) in [7, 11) is -0.876. The first-order valence-electron chi connectivity index (χ1n) is 16.6. The number of aryl methyl sites for hydroxylation is 1. The van der Waals surface area contributed by atoms with Gasteiger partial charge in [-0.2, -0.15) is 0 Å². The van der Waals surface area contributed by atoms with Gasteiger partial charge >= 0.3 is 0 Å². The van der Waals surface area contributed by atoms with Crippen LogP contribution in [0.3, 0.4) is 0 Å². The molecule has 2 aromatic carbocycles. The number of rotatable bonds is 3. The molecule has 250 valence electrons. The third-order valence-electron chi connectivity index (χ3n) is 11.5. The maximum atomic E-state index is 13.8. The topological polar surface area (TPSA) is 96.4 Å². The quantitative estimate of drug-likeness (QED) is 0.401. The van der Waals surface area contributed by atoms with E-state index in [0.29, 0.717) is 37.3 Å². The number of fused-ring (bicyclic) bond motifs is 4. The van der Waals surface area contributed by atoms with Gasteiger partial charge in [-0.3, -0.25) is 4.79 Å². The van der Waals surface area contributed by atoms with Crippen molar-refractivity contribution in [3.8, 4) is 5.75 Å². The highest BCUT2D eigenvalue weighted by Gasteiger charge is 2.49. The van der Waals surface area contributed by atoms with E-state index in [2.05, 4.69) is 23.1 Å². The Morgan fingerprint density at radius 3 is 2.67 bits per heavy atom. The van der Waals surface area contributed by atoms with Gasteiger partial charge in [-0.1, -0.05) is 36.7 Å². The summed E-state index contributed by atoms with van der Waals surface area (Å²) in [5, 5.41) is 10.1. The number of aliphatic hydroxyl groups excluding tert-OH is 1. The fourth-order valence-electron chi connectivity index (χ4n) is 8.36. The number of nitrogens with zero attached hydrogens (tertiary/aromatic N) is 2. The van der Waals surface area contributed by atoms with E-state index in [1.165, 1.54) is 18.2 Å². The number of hydrogen-bond acceptors (Lipinski definition) is 7. The maximum Gasteiger partial charge on any atom is 0.267 e. The molecular weight excluding hydrogens is 624 g/mol. The Morgan fingerprint density at radius 1 is 1.15 bits per heavy atom. The second-order valence-electron chi connectivity index (χ2n) is 14.0. The van der Waals surface area contributed by atoms with E-state index in [4.69, 9.17) is 21.1 Å². The Hall–Kier alpha value is -2.59. The smallest absolute Gasteiger partial charge is 0.267 e. The lowest BCUT2D eigenvalue weighted by molar-refractivity contribution is -0.0864. The van der Waals surface area contributed by atoms with Crippen molar-refractivity contribution in [2.45, 2.75) is 75.1 Å². The molecule has 1 fully saturated rings. The number of allylic oxidation sites excluding steroid dienone is 1. The normalized spacial score (nSPS) is 33.3. The molecule has 2 aromatic rings. The molecule has 1 spiro atoms. The van der Waals surface area contributed by atoms with Crippen molar-refractivity contribution in [2.24, 2.45) is 17.8 Å². The minimum absolute atomic E-state index is 0.0131. The lowest BCUT2D eigenvalue weighted by atomic mass is 9.63. The molecule has 0 unspecified atom stereocenters. The largest absolute Gasteiger partial charge is 0.490 e. The highest BCUT2D eigenvalue weighted by Crippen LogP contribution is 2.50. The molecule has 2 aliphatic heterocycles. The van der Waals surface area contributed by atoms with E-state index in [-0.39, 0.29) is 29.8 Å². The van der Waals surface area contributed by atoms with Crippen LogP contribution in [0.5, 0.6) is 5.75 Å². The van der Waals surface area contributed by atoms with Crippen LogP contribution in [0.1, 0.15) is 73.9 Å². The van der Waals surface area contributed by atoms with Crippen LogP contribution in [0.2, 0.25) is 5.02 Å². The number of amides is 1. The van der Waals surface area contributed by atoms with Crippen LogP contribution >= 0.6 is 11.6 Å². The molecule has 6 atom stereocenters. The van der Waals surface area contributed by atoms with Crippen LogP contribution in [0, 0.1) is 17.8 Å². The number of methoxy groups -OCH3 is 1. The zero-order valence-corrected chi connectivity index (χ0v) is 28.9. The maximum absolute atomic E-state index is 13.8. The number of anilines is 1. The molecule has 0 saturated heterocycles. The van der Waals surface area contributed by atoms with E-state index in [1.807, 2.05) is 31.2 Å². The SMILES string of the molecule is CO[C@@]1(CCO)/C=C/C[C@H](C)[C@@H](C)S(=O)(=O)N(C)C(=O)c2ccc3c(c2)N(C[C@@H]2CC[C@H]21)C[C@@]1(CCCc2cc(Cl)ccc21)CO3. The lowest BCUT2D eigenvalue weighted by Crippen LogP contribution is -2.53. The van der Waals surface area contributed by atoms with Crippen LogP contribution in [0.25, 0.3) is 0 Å². The van der Waals surface area contributed by atoms with Gasteiger partial charge in [-0.05, 0) is 105 Å². The molecule has 1 N–H and O–H groups in total. The summed E-state index contributed by atoms with van der Waals surface area (Å²) in [6.07, 6.45) is 9.98. The second kappa shape index (κ2) is 12.8. The number of hydrogen-bond donors (Lipinski definition) is 1. The summed E-state index contributed by atoms with van der Waals surface area (Å²) in [6, 6.07) is 11.5. The summed E-state index contributed by atoms with van der Waals surface area (Å²) < 4.78 is 41.2. The highest BCUT2D eigenvalue weighted by molar-refractivity contribution is 7.90. The van der Waals surface area contributed by atoms with Crippen molar-refractivity contribution in [1.29, 1.82) is 0 Å². The molecule has 0 radical (unpaired) electrons. The number of ether oxygens (including phenoxy) is 2. The molecule has 46 heavy (non-hydrogen) atoms. The Labute approximate surface area is 278 Å². The van der Waals surface area contributed by atoms with Crippen molar-refractivity contribution in [3.63, 3.8) is 0 Å². The van der Waals surface area contributed by atoms with Gasteiger partial charge in [0.2, 0.25) is 10.0 Å². The summed E-state index contributed by atoms with van der Waals surface area (Å²) in [5.41, 5.74) is 2.68. The van der Waals surface area contributed by atoms with Gasteiger partial charge in [-0.15, -0.1) is 0 Å². The number of sulfonamides is 1. The summed E-state index contributed by atoms with van der Waals surface area (Å²) in [4.78, 5) is 16.2. The number of carbonyl (C=O) groups excluding carboxylic acids is 1. The number of halogens is 1. The molecule has 4 aliphatic rings. The summed E-state index contributed by atoms with van der Waals surface area (Å²) in [6.45, 7) is 5.45. The number of carbonyl (C=O) groups is 1. The molecule has 8 nitrogen and oxygen atoms in total. The van der Waals surface area contributed by atoms with Gasteiger partial charge < -0.3 is 19.5 Å². The fourth-order valence-corrected chi connectivity index (χ4v) is 10.1. The van der Waals surface area contributed by atoms with Crippen LogP contribution in [-0.2, 0) is 26.6 Å². The van der Waals surface area contributed by atoms with Gasteiger partial charge in [0, 0.05) is 56.3 Å². The van der Waals surface area contributed by atoms with Gasteiger partial charge in [0.25, 0.3) is 5.91 Å². The Kier molecular flexibility index (Phi) is 9.26. The third kappa shape index (κ3) is 5.75. The van der Waals surface area contributed by atoms with E-state index >= 15 is 0 Å². The third-order valence-corrected chi connectivity index (χ3v) is 14.1. The Bertz CT molecular complexity index is 1610. The predicted octanol–water partition coefficient (Wildman–Crippen LogP) is 5.99. The molecule has 1 amide bonds. The van der Waals surface area contributed by atoms with Crippen LogP contribution in [0.4, 0.5) is 5.69 Å². The van der Waals surface area contributed by atoms with Gasteiger partial charge in [-0.25, -0.2) is 12.7 Å². The molecule has 1 saturated carbocycles. The van der Waals surface area contributed by atoms with E-state index < -0.39 is 26.8 Å². The Balaban J connectivity index is 1.48. The second-order valence-corrected chi connectivity index (χ2v) is 16.8. The van der Waals surface area contributed by atoms with E-state index in [9.17, 15) is 18.3 Å². The van der Waals surface area contributed by atoms with Crippen molar-refractivity contribution in [1.82, 2.24) is 4.31 Å². The zero-order valence-electron chi connectivity index (χ0n) is 27.4. The molecule has 0 aromatic heterocycles. The zero-order chi connectivity index (χ0) is 32.9. The number of aliphatic hydroxyl groups is 1. The minimum Gasteiger partial charge on any atom is -0.490 e. The van der Waals surface area contributed by atoms with Crippen LogP contribution in [-0.4, -0.2) is 75.0 Å². The van der Waals surface area contributed by atoms with E-state index in [0.717, 1.165) is 53.7 Å². The van der Waals surface area contributed by atoms with Crippen LogP contribution in [0.15, 0.2) is 48.6 Å². The monoisotopic (exact) mass is 670 g/mol. The first-order valence-corrected chi connectivity index (χ1v) is 18.5. The van der Waals surface area contributed by atoms with Gasteiger partial charge in [0.05, 0.1) is 23.1 Å². The molecule has 10 heteroatoms. The average molecular weight is 671 g/mol. The first kappa shape index (κ1) is 33.3. The summed E-state index contributed by atoms with van der Waals surface area (Å²) >= 11 is 6.44. The average Bonchev–Trinajstić information content (AvgIpc) is 3.18.